The first-order valence-corrected chi connectivity index (χ1v) is 6.35. The zero-order chi connectivity index (χ0) is 14.7. The molecule has 0 bridgehead atoms. The Morgan fingerprint density at radius 3 is 2.40 bits per heavy atom. The number of Topliss-reactive ketones (excluding diaryl/α,β-unsaturated/α-hetero) is 1. The molecule has 106 valence electrons. The Kier molecular flexibility index (Phi) is 4.14. The Morgan fingerprint density at radius 1 is 1.20 bits per heavy atom. The molecule has 6 heteroatoms. The topological polar surface area (TPSA) is 69.7 Å². The largest absolute Gasteiger partial charge is 0.352 e. The van der Waals surface area contributed by atoms with E-state index in [1.54, 1.807) is 36.2 Å². The minimum atomic E-state index is -0.267. The zero-order valence-corrected chi connectivity index (χ0v) is 11.5. The number of imide groups is 1. The van der Waals surface area contributed by atoms with E-state index in [2.05, 4.69) is 5.32 Å². The van der Waals surface area contributed by atoms with Gasteiger partial charge in [0.1, 0.15) is 0 Å². The van der Waals surface area contributed by atoms with Crippen molar-refractivity contribution < 1.29 is 14.4 Å². The van der Waals surface area contributed by atoms with E-state index in [0.717, 1.165) is 4.90 Å². The molecule has 2 amide bonds. The van der Waals surface area contributed by atoms with Gasteiger partial charge in [-0.1, -0.05) is 12.1 Å². The highest BCUT2D eigenvalue weighted by molar-refractivity contribution is 6.06. The van der Waals surface area contributed by atoms with Gasteiger partial charge < -0.3 is 10.2 Å². The highest BCUT2D eigenvalue weighted by atomic mass is 16.2. The lowest BCUT2D eigenvalue weighted by molar-refractivity contribution is -0.143. The Hall–Kier alpha value is -2.21. The van der Waals surface area contributed by atoms with Crippen LogP contribution < -0.4 is 10.2 Å². The van der Waals surface area contributed by atoms with Gasteiger partial charge in [0.15, 0.2) is 5.78 Å². The summed E-state index contributed by atoms with van der Waals surface area (Å²) in [6.45, 7) is 0.421. The van der Waals surface area contributed by atoms with E-state index >= 15 is 0 Å². The minimum Gasteiger partial charge on any atom is -0.352 e. The maximum atomic E-state index is 12.1. The lowest BCUT2D eigenvalue weighted by Crippen LogP contribution is -2.52. The molecule has 0 saturated carbocycles. The fraction of sp³-hybridized carbons (Fsp3) is 0.357. The molecule has 6 nitrogen and oxygen atoms in total. The first-order valence-electron chi connectivity index (χ1n) is 6.35. The monoisotopic (exact) mass is 275 g/mol. The number of nitrogens with one attached hydrogen (secondary N) is 1. The summed E-state index contributed by atoms with van der Waals surface area (Å²) in [5, 5.41) is 2.81. The molecular formula is C14H17N3O3. The van der Waals surface area contributed by atoms with Gasteiger partial charge >= 0.3 is 0 Å². The third-order valence-corrected chi connectivity index (χ3v) is 3.28. The second-order valence-corrected chi connectivity index (χ2v) is 4.67. The van der Waals surface area contributed by atoms with Crippen LogP contribution in [0, 0.1) is 0 Å². The van der Waals surface area contributed by atoms with Crippen LogP contribution in [0.2, 0.25) is 0 Å². The summed E-state index contributed by atoms with van der Waals surface area (Å²) in [4.78, 5) is 38.4. The van der Waals surface area contributed by atoms with Crippen molar-refractivity contribution in [3.05, 3.63) is 29.8 Å². The highest BCUT2D eigenvalue weighted by Crippen LogP contribution is 2.22. The van der Waals surface area contributed by atoms with E-state index in [1.165, 1.54) is 7.05 Å². The lowest BCUT2D eigenvalue weighted by Gasteiger charge is -2.32. The molecule has 0 atom stereocenters. The van der Waals surface area contributed by atoms with Crippen molar-refractivity contribution in [2.75, 3.05) is 38.6 Å². The summed E-state index contributed by atoms with van der Waals surface area (Å²) in [6, 6.07) is 7.03. The molecule has 1 aliphatic rings. The molecule has 1 heterocycles. The number of hydrogen-bond donors (Lipinski definition) is 1. The number of piperazine rings is 1. The Labute approximate surface area is 117 Å². The van der Waals surface area contributed by atoms with Crippen molar-refractivity contribution in [3.8, 4) is 0 Å². The van der Waals surface area contributed by atoms with Crippen LogP contribution in [0.25, 0.3) is 0 Å². The highest BCUT2D eigenvalue weighted by Gasteiger charge is 2.29. The van der Waals surface area contributed by atoms with Crippen molar-refractivity contribution in [1.82, 2.24) is 10.2 Å². The van der Waals surface area contributed by atoms with Crippen LogP contribution >= 0.6 is 0 Å². The first kappa shape index (κ1) is 14.2. The summed E-state index contributed by atoms with van der Waals surface area (Å²) in [5.41, 5.74) is 1.15. The Bertz CT molecular complexity index is 538. The Balaban J connectivity index is 2.31. The second kappa shape index (κ2) is 5.83. The maximum Gasteiger partial charge on any atom is 0.248 e. The third kappa shape index (κ3) is 2.70. The molecule has 20 heavy (non-hydrogen) atoms. The van der Waals surface area contributed by atoms with Crippen LogP contribution in [-0.2, 0) is 9.59 Å². The van der Waals surface area contributed by atoms with Gasteiger partial charge in [-0.25, -0.2) is 0 Å². The SMILES string of the molecule is CNCC(=O)c1ccccc1N1CC(=O)N(C)C(=O)C1. The van der Waals surface area contributed by atoms with Crippen LogP contribution in [0.15, 0.2) is 24.3 Å². The van der Waals surface area contributed by atoms with Gasteiger partial charge in [0.2, 0.25) is 11.8 Å². The molecule has 1 fully saturated rings. The standard InChI is InChI=1S/C14H17N3O3/c1-15-7-12(18)10-5-3-4-6-11(10)17-8-13(19)16(2)14(20)9-17/h3-6,15H,7-9H2,1-2H3. The normalized spacial score (nSPS) is 15.7. The number of amides is 2. The minimum absolute atomic E-state index is 0.0677. The average Bonchev–Trinajstić information content (AvgIpc) is 2.44. The number of rotatable bonds is 4. The lowest BCUT2D eigenvalue weighted by atomic mass is 10.1. The fourth-order valence-corrected chi connectivity index (χ4v) is 2.14. The molecule has 1 aromatic rings. The number of hydrogen-bond acceptors (Lipinski definition) is 5. The van der Waals surface area contributed by atoms with Crippen LogP contribution in [0.3, 0.4) is 0 Å². The number of para-hydroxylation sites is 1. The van der Waals surface area contributed by atoms with E-state index in [0.29, 0.717) is 11.3 Å². The number of benzene rings is 1. The predicted octanol–water partition coefficient (Wildman–Crippen LogP) is -0.106. The van der Waals surface area contributed by atoms with Crippen LogP contribution in [0.4, 0.5) is 5.69 Å². The van der Waals surface area contributed by atoms with Gasteiger partial charge in [0.05, 0.1) is 19.6 Å². The smallest absolute Gasteiger partial charge is 0.248 e. The summed E-state index contributed by atoms with van der Waals surface area (Å²) in [5.74, 6) is -0.601. The van der Waals surface area contributed by atoms with Gasteiger partial charge in [-0.3, -0.25) is 19.3 Å². The zero-order valence-electron chi connectivity index (χ0n) is 11.5. The third-order valence-electron chi connectivity index (χ3n) is 3.28. The summed E-state index contributed by atoms with van der Waals surface area (Å²) in [6.07, 6.45) is 0. The van der Waals surface area contributed by atoms with Crippen LogP contribution in [0.1, 0.15) is 10.4 Å². The summed E-state index contributed by atoms with van der Waals surface area (Å²) < 4.78 is 0. The van der Waals surface area contributed by atoms with E-state index < -0.39 is 0 Å². The summed E-state index contributed by atoms with van der Waals surface area (Å²) >= 11 is 0. The van der Waals surface area contributed by atoms with E-state index in [-0.39, 0.29) is 37.2 Å². The first-order chi connectivity index (χ1) is 9.54. The van der Waals surface area contributed by atoms with E-state index in [1.807, 2.05) is 0 Å². The molecular weight excluding hydrogens is 258 g/mol. The number of anilines is 1. The van der Waals surface area contributed by atoms with Crippen molar-refractivity contribution >= 4 is 23.3 Å². The van der Waals surface area contributed by atoms with Gasteiger partial charge in [-0.15, -0.1) is 0 Å². The van der Waals surface area contributed by atoms with Gasteiger partial charge in [0.25, 0.3) is 0 Å². The predicted molar refractivity (Wildman–Crippen MR) is 74.7 cm³/mol. The number of carbonyl (C=O) groups is 3. The molecule has 1 aliphatic heterocycles. The van der Waals surface area contributed by atoms with Crippen molar-refractivity contribution in [1.29, 1.82) is 0 Å². The number of nitrogens with zero attached hydrogens (tertiary/aromatic N) is 2. The quantitative estimate of drug-likeness (QED) is 0.613. The molecule has 1 N–H and O–H groups in total. The Morgan fingerprint density at radius 2 is 1.80 bits per heavy atom. The molecule has 0 spiro atoms. The van der Waals surface area contributed by atoms with Crippen LogP contribution in [-0.4, -0.2) is 56.2 Å². The van der Waals surface area contributed by atoms with E-state index in [9.17, 15) is 14.4 Å². The van der Waals surface area contributed by atoms with E-state index in [4.69, 9.17) is 0 Å². The fourth-order valence-electron chi connectivity index (χ4n) is 2.14. The van der Waals surface area contributed by atoms with Crippen molar-refractivity contribution in [2.24, 2.45) is 0 Å². The van der Waals surface area contributed by atoms with Gasteiger partial charge in [0, 0.05) is 18.3 Å². The molecule has 0 aromatic heterocycles. The second-order valence-electron chi connectivity index (χ2n) is 4.67. The molecule has 2 rings (SSSR count). The van der Waals surface area contributed by atoms with Crippen molar-refractivity contribution in [2.45, 2.75) is 0 Å². The average molecular weight is 275 g/mol. The molecule has 0 aliphatic carbocycles. The number of ketones is 1. The molecule has 0 unspecified atom stereocenters. The number of carbonyl (C=O) groups excluding carboxylic acids is 3. The van der Waals surface area contributed by atoms with Gasteiger partial charge in [-0.2, -0.15) is 0 Å². The van der Waals surface area contributed by atoms with Gasteiger partial charge in [-0.05, 0) is 19.2 Å². The van der Waals surface area contributed by atoms with Crippen LogP contribution in [0.5, 0.6) is 0 Å². The van der Waals surface area contributed by atoms with Crippen molar-refractivity contribution in [3.63, 3.8) is 0 Å². The summed E-state index contributed by atoms with van der Waals surface area (Å²) in [7, 11) is 3.17. The molecule has 1 aromatic carbocycles. The maximum absolute atomic E-state index is 12.1. The molecule has 1 saturated heterocycles. The molecule has 0 radical (unpaired) electrons. The number of likely N-dealkylation sites (N-methyl/N-ethyl adjacent to an activating group) is 2.